The molecule has 7 heteroatoms. The summed E-state index contributed by atoms with van der Waals surface area (Å²) in [6.07, 6.45) is 2.02. The number of benzene rings is 1. The highest BCUT2D eigenvalue weighted by molar-refractivity contribution is 6.30. The molecule has 2 N–H and O–H groups in total. The number of rotatable bonds is 6. The molecule has 1 amide bonds. The van der Waals surface area contributed by atoms with Gasteiger partial charge in [-0.05, 0) is 29.8 Å². The normalized spacial score (nSPS) is 14.4. The van der Waals surface area contributed by atoms with Gasteiger partial charge in [0.1, 0.15) is 18.2 Å². The molecule has 1 aliphatic heterocycles. The zero-order valence-electron chi connectivity index (χ0n) is 14.6. The van der Waals surface area contributed by atoms with Gasteiger partial charge in [0.2, 0.25) is 5.91 Å². The first-order chi connectivity index (χ1) is 12.7. The Morgan fingerprint density at radius 2 is 2.00 bits per heavy atom. The number of amides is 1. The number of nitrogens with two attached hydrogens (primary N) is 1. The van der Waals surface area contributed by atoms with Crippen LogP contribution in [0.2, 0.25) is 5.02 Å². The smallest absolute Gasteiger partial charge is 0.227 e. The standard InChI is InChI=1S/C19H23ClN4O2/c20-16-4-5-18(22-14-16)23-7-9-24(10-8-23)19(25)13-15-2-1-3-17(12-15)26-11-6-21/h1-5,12,14H,6-11,13,21H2. The summed E-state index contributed by atoms with van der Waals surface area (Å²) in [5.74, 6) is 1.77. The lowest BCUT2D eigenvalue weighted by Crippen LogP contribution is -2.49. The number of hydrogen-bond donors (Lipinski definition) is 1. The number of hydrogen-bond acceptors (Lipinski definition) is 5. The van der Waals surface area contributed by atoms with E-state index in [1.165, 1.54) is 0 Å². The highest BCUT2D eigenvalue weighted by Crippen LogP contribution is 2.18. The van der Waals surface area contributed by atoms with Crippen molar-refractivity contribution >= 4 is 23.3 Å². The Bertz CT molecular complexity index is 731. The summed E-state index contributed by atoms with van der Waals surface area (Å²) in [4.78, 5) is 21.0. The van der Waals surface area contributed by atoms with E-state index in [1.807, 2.05) is 41.3 Å². The Hall–Kier alpha value is -2.31. The van der Waals surface area contributed by atoms with Crippen LogP contribution in [0.15, 0.2) is 42.6 Å². The molecule has 26 heavy (non-hydrogen) atoms. The third-order valence-electron chi connectivity index (χ3n) is 4.31. The molecule has 6 nitrogen and oxygen atoms in total. The predicted octanol–water partition coefficient (Wildman–Crippen LogP) is 1.96. The fourth-order valence-electron chi connectivity index (χ4n) is 2.95. The summed E-state index contributed by atoms with van der Waals surface area (Å²) >= 11 is 5.88. The molecule has 3 rings (SSSR count). The number of ether oxygens (including phenoxy) is 1. The highest BCUT2D eigenvalue weighted by Gasteiger charge is 2.22. The van der Waals surface area contributed by atoms with Gasteiger partial charge in [-0.15, -0.1) is 0 Å². The van der Waals surface area contributed by atoms with Crippen LogP contribution in [-0.2, 0) is 11.2 Å². The molecule has 1 fully saturated rings. The van der Waals surface area contributed by atoms with Gasteiger partial charge in [-0.2, -0.15) is 0 Å². The average Bonchev–Trinajstić information content (AvgIpc) is 2.67. The maximum absolute atomic E-state index is 12.6. The second kappa shape index (κ2) is 8.87. The molecule has 0 atom stereocenters. The quantitative estimate of drug-likeness (QED) is 0.836. The average molecular weight is 375 g/mol. The molecule has 0 unspecified atom stereocenters. The van der Waals surface area contributed by atoms with Crippen molar-refractivity contribution in [2.45, 2.75) is 6.42 Å². The maximum atomic E-state index is 12.6. The van der Waals surface area contributed by atoms with Gasteiger partial charge in [0.05, 0.1) is 11.4 Å². The van der Waals surface area contributed by atoms with Gasteiger partial charge in [0.15, 0.2) is 0 Å². The van der Waals surface area contributed by atoms with Gasteiger partial charge >= 0.3 is 0 Å². The van der Waals surface area contributed by atoms with E-state index in [0.29, 0.717) is 37.7 Å². The van der Waals surface area contributed by atoms with Crippen molar-refractivity contribution in [2.75, 3.05) is 44.2 Å². The van der Waals surface area contributed by atoms with Crippen molar-refractivity contribution in [3.05, 3.63) is 53.2 Å². The SMILES string of the molecule is NCCOc1cccc(CC(=O)N2CCN(c3ccc(Cl)cn3)CC2)c1. The number of halogens is 1. The van der Waals surface area contributed by atoms with Gasteiger partial charge in [0.25, 0.3) is 0 Å². The zero-order valence-corrected chi connectivity index (χ0v) is 15.4. The number of anilines is 1. The van der Waals surface area contributed by atoms with Crippen LogP contribution in [0.4, 0.5) is 5.82 Å². The summed E-state index contributed by atoms with van der Waals surface area (Å²) in [6.45, 7) is 3.84. The minimum atomic E-state index is 0.129. The molecule has 0 aliphatic carbocycles. The predicted molar refractivity (Wildman–Crippen MR) is 103 cm³/mol. The minimum Gasteiger partial charge on any atom is -0.492 e. The monoisotopic (exact) mass is 374 g/mol. The van der Waals surface area contributed by atoms with Gasteiger partial charge in [-0.3, -0.25) is 4.79 Å². The van der Waals surface area contributed by atoms with Crippen LogP contribution >= 0.6 is 11.6 Å². The zero-order chi connectivity index (χ0) is 18.4. The summed E-state index contributed by atoms with van der Waals surface area (Å²) in [5.41, 5.74) is 6.40. The van der Waals surface area contributed by atoms with E-state index in [-0.39, 0.29) is 5.91 Å². The molecular weight excluding hydrogens is 352 g/mol. The highest BCUT2D eigenvalue weighted by atomic mass is 35.5. The molecular formula is C19H23ClN4O2. The van der Waals surface area contributed by atoms with Crippen molar-refractivity contribution in [3.8, 4) is 5.75 Å². The summed E-state index contributed by atoms with van der Waals surface area (Å²) in [6, 6.07) is 11.4. The van der Waals surface area contributed by atoms with Gasteiger partial charge in [0, 0.05) is 38.9 Å². The number of carbonyl (C=O) groups excluding carboxylic acids is 1. The number of aromatic nitrogens is 1. The van der Waals surface area contributed by atoms with Crippen molar-refractivity contribution in [1.29, 1.82) is 0 Å². The molecule has 1 aromatic carbocycles. The van der Waals surface area contributed by atoms with Crippen LogP contribution in [0.25, 0.3) is 0 Å². The Balaban J connectivity index is 1.53. The van der Waals surface area contributed by atoms with E-state index in [9.17, 15) is 4.79 Å². The fourth-order valence-corrected chi connectivity index (χ4v) is 3.06. The van der Waals surface area contributed by atoms with Crippen LogP contribution in [0.5, 0.6) is 5.75 Å². The largest absolute Gasteiger partial charge is 0.492 e. The fraction of sp³-hybridized carbons (Fsp3) is 0.368. The lowest BCUT2D eigenvalue weighted by molar-refractivity contribution is -0.130. The van der Waals surface area contributed by atoms with E-state index in [1.54, 1.807) is 6.20 Å². The van der Waals surface area contributed by atoms with Crippen LogP contribution < -0.4 is 15.4 Å². The molecule has 1 aliphatic rings. The molecule has 0 bridgehead atoms. The van der Waals surface area contributed by atoms with Crippen LogP contribution in [-0.4, -0.2) is 55.1 Å². The lowest BCUT2D eigenvalue weighted by Gasteiger charge is -2.35. The van der Waals surface area contributed by atoms with E-state index in [0.717, 1.165) is 30.2 Å². The third-order valence-corrected chi connectivity index (χ3v) is 4.53. The maximum Gasteiger partial charge on any atom is 0.227 e. The van der Waals surface area contributed by atoms with Crippen molar-refractivity contribution in [2.24, 2.45) is 5.73 Å². The first kappa shape index (κ1) is 18.5. The number of carbonyl (C=O) groups is 1. The first-order valence-electron chi connectivity index (χ1n) is 8.72. The second-order valence-electron chi connectivity index (χ2n) is 6.16. The summed E-state index contributed by atoms with van der Waals surface area (Å²) in [7, 11) is 0. The van der Waals surface area contributed by atoms with Crippen molar-refractivity contribution in [3.63, 3.8) is 0 Å². The van der Waals surface area contributed by atoms with Gasteiger partial charge < -0.3 is 20.3 Å². The summed E-state index contributed by atoms with van der Waals surface area (Å²) in [5, 5.41) is 0.625. The number of nitrogens with zero attached hydrogens (tertiary/aromatic N) is 3. The van der Waals surface area contributed by atoms with Crippen LogP contribution in [0.3, 0.4) is 0 Å². The van der Waals surface area contributed by atoms with E-state index in [4.69, 9.17) is 22.1 Å². The van der Waals surface area contributed by atoms with Crippen molar-refractivity contribution in [1.82, 2.24) is 9.88 Å². The lowest BCUT2D eigenvalue weighted by atomic mass is 10.1. The Kier molecular flexibility index (Phi) is 6.30. The van der Waals surface area contributed by atoms with Gasteiger partial charge in [-0.25, -0.2) is 4.98 Å². The van der Waals surface area contributed by atoms with Gasteiger partial charge in [-0.1, -0.05) is 23.7 Å². The second-order valence-corrected chi connectivity index (χ2v) is 6.60. The Morgan fingerprint density at radius 3 is 2.69 bits per heavy atom. The molecule has 138 valence electrons. The van der Waals surface area contributed by atoms with Crippen molar-refractivity contribution < 1.29 is 9.53 Å². The van der Waals surface area contributed by atoms with Crippen LogP contribution in [0, 0.1) is 0 Å². The van der Waals surface area contributed by atoms with E-state index >= 15 is 0 Å². The first-order valence-corrected chi connectivity index (χ1v) is 9.09. The van der Waals surface area contributed by atoms with E-state index in [2.05, 4.69) is 9.88 Å². The minimum absolute atomic E-state index is 0.129. The molecule has 1 aromatic heterocycles. The third kappa shape index (κ3) is 4.86. The number of pyridine rings is 1. The molecule has 2 aromatic rings. The molecule has 0 saturated carbocycles. The number of piperazine rings is 1. The van der Waals surface area contributed by atoms with Crippen LogP contribution in [0.1, 0.15) is 5.56 Å². The summed E-state index contributed by atoms with van der Waals surface area (Å²) < 4.78 is 5.52. The van der Waals surface area contributed by atoms with E-state index < -0.39 is 0 Å². The molecule has 0 spiro atoms. The topological polar surface area (TPSA) is 71.7 Å². The molecule has 2 heterocycles. The Labute approximate surface area is 158 Å². The molecule has 1 saturated heterocycles. The molecule has 0 radical (unpaired) electrons. The Morgan fingerprint density at radius 1 is 1.19 bits per heavy atom.